The molecule has 0 bridgehead atoms. The Labute approximate surface area is 224 Å². The Morgan fingerprint density at radius 2 is 1.77 bits per heavy atom. The summed E-state index contributed by atoms with van der Waals surface area (Å²) in [6.45, 7) is 3.07. The first kappa shape index (κ1) is 29.0. The van der Waals surface area contributed by atoms with Gasteiger partial charge >= 0.3 is 0 Å². The van der Waals surface area contributed by atoms with Crippen LogP contribution in [0.4, 0.5) is 0 Å². The molecule has 0 fully saturated rings. The van der Waals surface area contributed by atoms with Gasteiger partial charge in [0.15, 0.2) is 0 Å². The first-order valence-corrected chi connectivity index (χ1v) is 12.4. The second-order valence-electron chi connectivity index (χ2n) is 8.77. The van der Waals surface area contributed by atoms with Crippen LogP contribution in [0.5, 0.6) is 11.5 Å². The summed E-state index contributed by atoms with van der Waals surface area (Å²) in [5, 5.41) is 6.50. The zero-order chi connectivity index (χ0) is 25.8. The van der Waals surface area contributed by atoms with Crippen molar-refractivity contribution in [2.24, 2.45) is 0 Å². The Balaban J connectivity index is 0.00000210. The number of pyridine rings is 2. The lowest BCUT2D eigenvalue weighted by atomic mass is 10.0. The molecule has 10 nitrogen and oxygen atoms in total. The second kappa shape index (κ2) is 12.8. The fourth-order valence-electron chi connectivity index (χ4n) is 4.35. The molecular weight excluding hydrogens is 500 g/mol. The topological polar surface area (TPSA) is 162 Å². The molecule has 0 unspecified atom stereocenters. The van der Waals surface area contributed by atoms with E-state index < -0.39 is 0 Å². The molecule has 0 radical (unpaired) electrons. The molecule has 0 saturated carbocycles. The molecule has 0 aliphatic rings. The molecule has 0 aliphatic carbocycles. The minimum Gasteiger partial charge on any atom is -0.494 e. The highest BCUT2D eigenvalue weighted by Gasteiger charge is 2.12. The van der Waals surface area contributed by atoms with Crippen molar-refractivity contribution < 1.29 is 20.4 Å². The predicted molar refractivity (Wildman–Crippen MR) is 152 cm³/mol. The Bertz CT molecular complexity index is 1700. The van der Waals surface area contributed by atoms with Crippen molar-refractivity contribution in [2.45, 2.75) is 32.7 Å². The molecule has 5 aromatic rings. The molecule has 10 heteroatoms. The third kappa shape index (κ3) is 6.31. The first-order valence-electron chi connectivity index (χ1n) is 12.4. The third-order valence-electron chi connectivity index (χ3n) is 6.33. The number of rotatable bonds is 9. The monoisotopic (exact) mass is 532 g/mol. The maximum Gasteiger partial charge on any atom is 0.266 e. The van der Waals surface area contributed by atoms with Gasteiger partial charge in [0, 0.05) is 46.2 Å². The smallest absolute Gasteiger partial charge is 0.266 e. The number of H-pyrrole nitrogens is 1. The average molecular weight is 533 g/mol. The van der Waals surface area contributed by atoms with Crippen molar-refractivity contribution in [3.63, 3.8) is 0 Å². The van der Waals surface area contributed by atoms with Gasteiger partial charge in [-0.3, -0.25) is 9.59 Å². The van der Waals surface area contributed by atoms with E-state index in [4.69, 9.17) is 14.5 Å². The van der Waals surface area contributed by atoms with Gasteiger partial charge in [0.2, 0.25) is 5.56 Å². The van der Waals surface area contributed by atoms with E-state index in [0.29, 0.717) is 24.6 Å². The third-order valence-corrected chi connectivity index (χ3v) is 6.33. The lowest BCUT2D eigenvalue weighted by molar-refractivity contribution is 0.301. The maximum atomic E-state index is 12.5. The van der Waals surface area contributed by atoms with E-state index >= 15 is 0 Å². The number of unbranched alkanes of at least 4 members (excludes halogenated alkanes) is 1. The molecule has 0 aliphatic heterocycles. The fourth-order valence-corrected chi connectivity index (χ4v) is 4.35. The number of aryl methyl sites for hydroxylation is 2. The van der Waals surface area contributed by atoms with Gasteiger partial charge in [0.25, 0.3) is 5.56 Å². The van der Waals surface area contributed by atoms with Gasteiger partial charge < -0.3 is 25.4 Å². The molecule has 0 atom stereocenters. The van der Waals surface area contributed by atoms with Gasteiger partial charge in [0.1, 0.15) is 17.0 Å². The van der Waals surface area contributed by atoms with Crippen LogP contribution in [0.3, 0.4) is 0 Å². The first-order chi connectivity index (χ1) is 18.1. The van der Waals surface area contributed by atoms with E-state index in [9.17, 15) is 9.59 Å². The van der Waals surface area contributed by atoms with E-state index in [0.717, 1.165) is 58.1 Å². The fraction of sp³-hybridized carbons (Fsp3) is 0.241. The van der Waals surface area contributed by atoms with Crippen molar-refractivity contribution >= 4 is 21.8 Å². The number of ether oxygens (including phenoxy) is 2. The summed E-state index contributed by atoms with van der Waals surface area (Å²) in [6.07, 6.45) is 2.33. The van der Waals surface area contributed by atoms with E-state index in [1.54, 1.807) is 25.3 Å². The van der Waals surface area contributed by atoms with E-state index in [1.165, 1.54) is 10.7 Å². The molecule has 2 aromatic carbocycles. The zero-order valence-corrected chi connectivity index (χ0v) is 21.9. The van der Waals surface area contributed by atoms with Crippen LogP contribution in [0.15, 0.2) is 76.3 Å². The lowest BCUT2D eigenvalue weighted by Gasteiger charge is -2.12. The minimum atomic E-state index is -0.141. The van der Waals surface area contributed by atoms with Crippen molar-refractivity contribution in [3.8, 4) is 22.8 Å². The second-order valence-corrected chi connectivity index (χ2v) is 8.77. The lowest BCUT2D eigenvalue weighted by Crippen LogP contribution is -2.22. The van der Waals surface area contributed by atoms with Crippen LogP contribution in [-0.2, 0) is 13.0 Å². The molecular formula is C29H32N4O6. The zero-order valence-electron chi connectivity index (χ0n) is 21.9. The molecule has 5 rings (SSSR count). The normalized spacial score (nSPS) is 10.6. The Morgan fingerprint density at radius 3 is 2.56 bits per heavy atom. The Kier molecular flexibility index (Phi) is 9.53. The summed E-state index contributed by atoms with van der Waals surface area (Å²) < 4.78 is 12.9. The van der Waals surface area contributed by atoms with Crippen LogP contribution in [-0.4, -0.2) is 44.4 Å². The minimum absolute atomic E-state index is 0. The number of hydrogen-bond acceptors (Lipinski definition) is 6. The average Bonchev–Trinajstić information content (AvgIpc) is 2.93. The van der Waals surface area contributed by atoms with Crippen molar-refractivity contribution in [3.05, 3.63) is 93.1 Å². The van der Waals surface area contributed by atoms with Gasteiger partial charge in [-0.25, -0.2) is 9.67 Å². The van der Waals surface area contributed by atoms with Gasteiger partial charge in [-0.05, 0) is 67.8 Å². The van der Waals surface area contributed by atoms with E-state index in [-0.39, 0.29) is 22.1 Å². The summed E-state index contributed by atoms with van der Waals surface area (Å²) in [5.74, 6) is 1.45. The molecule has 204 valence electrons. The number of hydrogen-bond donors (Lipinski definition) is 1. The number of nitrogens with zero attached hydrogens (tertiary/aromatic N) is 3. The van der Waals surface area contributed by atoms with Crippen molar-refractivity contribution in [1.29, 1.82) is 0 Å². The van der Waals surface area contributed by atoms with E-state index in [2.05, 4.69) is 17.0 Å². The molecule has 0 saturated heterocycles. The highest BCUT2D eigenvalue weighted by atomic mass is 16.5. The van der Waals surface area contributed by atoms with Gasteiger partial charge in [-0.1, -0.05) is 13.0 Å². The van der Waals surface area contributed by atoms with Gasteiger partial charge in [0.05, 0.1) is 19.4 Å². The quantitative estimate of drug-likeness (QED) is 0.287. The SMILES string of the molecule is CCc1ccc2c(-c3ccc(=O)n(CCCCOc4ccc5[nH]c(=O)ccc5c4)n3)ccc(OC)c2n1.O.O. The van der Waals surface area contributed by atoms with Gasteiger partial charge in [-0.2, -0.15) is 5.10 Å². The summed E-state index contributed by atoms with van der Waals surface area (Å²) >= 11 is 0. The Hall–Kier alpha value is -4.54. The summed E-state index contributed by atoms with van der Waals surface area (Å²) in [4.78, 5) is 31.5. The molecule has 3 heterocycles. The van der Waals surface area contributed by atoms with Crippen LogP contribution in [0.25, 0.3) is 33.1 Å². The maximum absolute atomic E-state index is 12.5. The van der Waals surface area contributed by atoms with Crippen LogP contribution in [0, 0.1) is 0 Å². The number of methoxy groups -OCH3 is 1. The Morgan fingerprint density at radius 1 is 0.923 bits per heavy atom. The highest BCUT2D eigenvalue weighted by molar-refractivity contribution is 5.97. The van der Waals surface area contributed by atoms with Crippen LogP contribution < -0.4 is 20.6 Å². The van der Waals surface area contributed by atoms with Crippen molar-refractivity contribution in [1.82, 2.24) is 19.7 Å². The molecule has 3 aromatic heterocycles. The molecule has 0 spiro atoms. The van der Waals surface area contributed by atoms with Gasteiger partial charge in [-0.15, -0.1) is 0 Å². The highest BCUT2D eigenvalue weighted by Crippen LogP contribution is 2.32. The van der Waals surface area contributed by atoms with Crippen LogP contribution in [0.2, 0.25) is 0 Å². The number of fused-ring (bicyclic) bond motifs is 2. The molecule has 5 N–H and O–H groups in total. The number of benzene rings is 2. The summed E-state index contributed by atoms with van der Waals surface area (Å²) in [6, 6.07) is 20.1. The van der Waals surface area contributed by atoms with Crippen LogP contribution in [0.1, 0.15) is 25.5 Å². The molecule has 39 heavy (non-hydrogen) atoms. The van der Waals surface area contributed by atoms with Crippen molar-refractivity contribution in [2.75, 3.05) is 13.7 Å². The summed E-state index contributed by atoms with van der Waals surface area (Å²) in [7, 11) is 1.64. The number of aromatic amines is 1. The molecule has 0 amide bonds. The number of nitrogens with one attached hydrogen (secondary N) is 1. The summed E-state index contributed by atoms with van der Waals surface area (Å²) in [5.41, 5.74) is 3.90. The largest absolute Gasteiger partial charge is 0.494 e. The van der Waals surface area contributed by atoms with E-state index in [1.807, 2.05) is 42.5 Å². The van der Waals surface area contributed by atoms with Crippen LogP contribution >= 0.6 is 0 Å². The number of aromatic nitrogens is 4. The standard InChI is InChI=1S/C29H28N4O4.2H2O/c1-3-20-7-9-23-22(10-13-26(36-2)29(23)30-20)25-12-15-28(35)33(32-25)16-4-5-17-37-21-8-11-24-19(18-21)6-14-27(34)31-24;;/h6-15,18H,3-5,16-17H2,1-2H3,(H,31,34);2*1H2. The predicted octanol–water partition coefficient (Wildman–Crippen LogP) is 3.08.